The Labute approximate surface area is 186 Å². The zero-order valence-corrected chi connectivity index (χ0v) is 19.6. The van der Waals surface area contributed by atoms with Crippen molar-refractivity contribution in [2.45, 2.75) is 52.2 Å². The van der Waals surface area contributed by atoms with Crippen molar-refractivity contribution >= 4 is 28.9 Å². The van der Waals surface area contributed by atoms with Gasteiger partial charge < -0.3 is 15.4 Å². The van der Waals surface area contributed by atoms with Crippen LogP contribution < -0.4 is 10.6 Å². The van der Waals surface area contributed by atoms with Gasteiger partial charge in [0.1, 0.15) is 10.6 Å². The normalized spacial score (nSPS) is 19.7. The molecule has 0 atom stereocenters. The van der Waals surface area contributed by atoms with Crippen LogP contribution in [0.5, 0.6) is 0 Å². The van der Waals surface area contributed by atoms with E-state index in [1.807, 2.05) is 26.8 Å². The fourth-order valence-corrected chi connectivity index (χ4v) is 4.62. The van der Waals surface area contributed by atoms with Crippen molar-refractivity contribution in [2.75, 3.05) is 50.7 Å². The van der Waals surface area contributed by atoms with Gasteiger partial charge in [0.05, 0.1) is 6.54 Å². The second kappa shape index (κ2) is 9.62. The molecule has 2 N–H and O–H groups in total. The first kappa shape index (κ1) is 23.0. The molecule has 2 aliphatic rings. The summed E-state index contributed by atoms with van der Waals surface area (Å²) in [6.07, 6.45) is 2.23. The highest BCUT2D eigenvalue weighted by Gasteiger charge is 2.29. The lowest BCUT2D eigenvalue weighted by molar-refractivity contribution is -0.156. The smallest absolute Gasteiger partial charge is 0.320 e. The van der Waals surface area contributed by atoms with Gasteiger partial charge in [0.25, 0.3) is 0 Å². The number of carbonyl (C=O) groups excluding carboxylic acids is 1. The summed E-state index contributed by atoms with van der Waals surface area (Å²) in [5.41, 5.74) is 8.78. The lowest BCUT2D eigenvalue weighted by atomic mass is 10.0. The van der Waals surface area contributed by atoms with E-state index in [1.54, 1.807) is 0 Å². The number of hydrogen-bond acceptors (Lipinski definition) is 6. The molecule has 0 saturated carbocycles. The molecule has 0 aromatic heterocycles. The van der Waals surface area contributed by atoms with E-state index in [1.165, 1.54) is 11.3 Å². The number of anilines is 1. The molecule has 0 amide bonds. The Kier molecular flexibility index (Phi) is 7.37. The third-order valence-corrected chi connectivity index (χ3v) is 6.22. The molecule has 7 heteroatoms. The molecule has 6 nitrogen and oxygen atoms in total. The third kappa shape index (κ3) is 6.15. The van der Waals surface area contributed by atoms with Crippen molar-refractivity contribution in [1.29, 1.82) is 0 Å². The average Bonchev–Trinajstić information content (AvgIpc) is 2.67. The zero-order chi connectivity index (χ0) is 21.9. The van der Waals surface area contributed by atoms with Gasteiger partial charge in [0.15, 0.2) is 0 Å². The van der Waals surface area contributed by atoms with Gasteiger partial charge in [-0.15, -0.1) is 0 Å². The summed E-state index contributed by atoms with van der Waals surface area (Å²) in [4.78, 5) is 19.8. The van der Waals surface area contributed by atoms with Crippen LogP contribution in [0.3, 0.4) is 0 Å². The van der Waals surface area contributed by atoms with Gasteiger partial charge in [-0.3, -0.25) is 14.6 Å². The Bertz CT molecular complexity index is 761. The first-order chi connectivity index (χ1) is 14.1. The summed E-state index contributed by atoms with van der Waals surface area (Å²) < 4.78 is 5.46. The highest BCUT2D eigenvalue weighted by atomic mass is 32.1. The summed E-state index contributed by atoms with van der Waals surface area (Å²) in [6.45, 7) is 14.4. The van der Waals surface area contributed by atoms with Crippen LogP contribution >= 0.6 is 12.2 Å². The van der Waals surface area contributed by atoms with Gasteiger partial charge >= 0.3 is 5.97 Å². The van der Waals surface area contributed by atoms with Crippen LogP contribution in [0, 0.1) is 6.92 Å². The first-order valence-electron chi connectivity index (χ1n) is 11.0. The van der Waals surface area contributed by atoms with Crippen molar-refractivity contribution in [3.63, 3.8) is 0 Å². The van der Waals surface area contributed by atoms with Crippen LogP contribution in [0.4, 0.5) is 5.69 Å². The highest BCUT2D eigenvalue weighted by Crippen LogP contribution is 2.25. The number of benzene rings is 1. The number of nitrogens with two attached hydrogens (primary N) is 1. The van der Waals surface area contributed by atoms with Gasteiger partial charge in [-0.05, 0) is 64.3 Å². The van der Waals surface area contributed by atoms with Crippen LogP contribution in [0.25, 0.3) is 0 Å². The van der Waals surface area contributed by atoms with Gasteiger partial charge in [0, 0.05) is 56.6 Å². The monoisotopic (exact) mass is 432 g/mol. The van der Waals surface area contributed by atoms with E-state index < -0.39 is 5.60 Å². The van der Waals surface area contributed by atoms with Crippen molar-refractivity contribution in [3.05, 3.63) is 29.3 Å². The molecule has 0 bridgehead atoms. The largest absolute Gasteiger partial charge is 0.459 e. The average molecular weight is 433 g/mol. The summed E-state index contributed by atoms with van der Waals surface area (Å²) in [7, 11) is 0. The van der Waals surface area contributed by atoms with E-state index in [0.29, 0.717) is 17.6 Å². The second-order valence-electron chi connectivity index (χ2n) is 9.48. The van der Waals surface area contributed by atoms with Gasteiger partial charge in [0.2, 0.25) is 0 Å². The summed E-state index contributed by atoms with van der Waals surface area (Å²) >= 11 is 5.09. The minimum atomic E-state index is -0.413. The number of piperidine rings is 1. The Morgan fingerprint density at radius 3 is 2.30 bits per heavy atom. The maximum absolute atomic E-state index is 12.1. The number of likely N-dealkylation sites (tertiary alicyclic amines) is 1. The van der Waals surface area contributed by atoms with E-state index in [4.69, 9.17) is 22.7 Å². The highest BCUT2D eigenvalue weighted by molar-refractivity contribution is 7.80. The Hall–Kier alpha value is -1.70. The third-order valence-electron chi connectivity index (χ3n) is 5.98. The lowest BCUT2D eigenvalue weighted by Gasteiger charge is -2.43. The van der Waals surface area contributed by atoms with Crippen molar-refractivity contribution in [3.8, 4) is 0 Å². The molecule has 0 radical (unpaired) electrons. The van der Waals surface area contributed by atoms with Crippen LogP contribution in [-0.2, 0) is 9.53 Å². The van der Waals surface area contributed by atoms with Gasteiger partial charge in [-0.2, -0.15) is 0 Å². The number of carbonyl (C=O) groups is 1. The van der Waals surface area contributed by atoms with Crippen LogP contribution in [0.15, 0.2) is 18.2 Å². The molecule has 0 spiro atoms. The molecule has 0 aliphatic carbocycles. The number of esters is 1. The fraction of sp³-hybridized carbons (Fsp3) is 0.652. The van der Waals surface area contributed by atoms with Crippen molar-refractivity contribution in [2.24, 2.45) is 5.73 Å². The Morgan fingerprint density at radius 2 is 1.77 bits per heavy atom. The SMILES string of the molecule is Cc1cc(C(N)=S)ccc1N1CCN(C2CCN(CC(=O)OC(C)(C)C)CC2)CC1. The van der Waals surface area contributed by atoms with Crippen LogP contribution in [0.2, 0.25) is 0 Å². The lowest BCUT2D eigenvalue weighted by Crippen LogP contribution is -2.53. The number of rotatable bonds is 5. The topological polar surface area (TPSA) is 62.0 Å². The summed E-state index contributed by atoms with van der Waals surface area (Å²) in [5.74, 6) is -0.119. The van der Waals surface area contributed by atoms with Crippen LogP contribution in [0.1, 0.15) is 44.7 Å². The maximum Gasteiger partial charge on any atom is 0.320 e. The van der Waals surface area contributed by atoms with E-state index in [9.17, 15) is 4.79 Å². The number of piperazine rings is 1. The molecule has 166 valence electrons. The zero-order valence-electron chi connectivity index (χ0n) is 18.8. The number of thiocarbonyl (C=S) groups is 1. The predicted octanol–water partition coefficient (Wildman–Crippen LogP) is 2.56. The molecular weight excluding hydrogens is 396 g/mol. The van der Waals surface area contributed by atoms with E-state index in [-0.39, 0.29) is 5.97 Å². The standard InChI is InChI=1S/C23H36N4O2S/c1-17-15-18(22(24)30)5-6-20(17)27-13-11-26(12-14-27)19-7-9-25(10-8-19)16-21(28)29-23(2,3)4/h5-6,15,19H,7-14,16H2,1-4H3,(H2,24,30). The molecule has 2 fully saturated rings. The van der Waals surface area contributed by atoms with Crippen molar-refractivity contribution in [1.82, 2.24) is 9.80 Å². The Balaban J connectivity index is 1.45. The first-order valence-corrected chi connectivity index (χ1v) is 11.4. The summed E-state index contributed by atoms with van der Waals surface area (Å²) in [6, 6.07) is 6.87. The van der Waals surface area contributed by atoms with Crippen molar-refractivity contribution < 1.29 is 9.53 Å². The molecule has 3 rings (SSSR count). The minimum Gasteiger partial charge on any atom is -0.459 e. The van der Waals surface area contributed by atoms with Gasteiger partial charge in [-0.25, -0.2) is 0 Å². The van der Waals surface area contributed by atoms with E-state index in [0.717, 1.165) is 57.7 Å². The quantitative estimate of drug-likeness (QED) is 0.567. The Morgan fingerprint density at radius 1 is 1.13 bits per heavy atom. The number of hydrogen-bond donors (Lipinski definition) is 1. The molecule has 1 aromatic rings. The minimum absolute atomic E-state index is 0.119. The number of ether oxygens (including phenoxy) is 1. The molecule has 0 unspecified atom stereocenters. The maximum atomic E-state index is 12.1. The number of aryl methyl sites for hydroxylation is 1. The fourth-order valence-electron chi connectivity index (χ4n) is 4.49. The predicted molar refractivity (Wildman–Crippen MR) is 126 cm³/mol. The molecule has 2 aliphatic heterocycles. The number of nitrogens with zero attached hydrogens (tertiary/aromatic N) is 3. The molecule has 30 heavy (non-hydrogen) atoms. The van der Waals surface area contributed by atoms with E-state index >= 15 is 0 Å². The molecule has 2 saturated heterocycles. The summed E-state index contributed by atoms with van der Waals surface area (Å²) in [5, 5.41) is 0. The molecule has 2 heterocycles. The molecule has 1 aromatic carbocycles. The van der Waals surface area contributed by atoms with E-state index in [2.05, 4.69) is 33.8 Å². The van der Waals surface area contributed by atoms with Gasteiger partial charge in [-0.1, -0.05) is 12.2 Å². The van der Waals surface area contributed by atoms with Crippen LogP contribution in [-0.4, -0.2) is 78.2 Å². The molecular formula is C23H36N4O2S. The second-order valence-corrected chi connectivity index (χ2v) is 9.92.